The van der Waals surface area contributed by atoms with Crippen molar-refractivity contribution in [3.63, 3.8) is 0 Å². The van der Waals surface area contributed by atoms with E-state index in [1.807, 2.05) is 0 Å². The fourth-order valence-corrected chi connectivity index (χ4v) is 5.11. The number of hydrogen-bond acceptors (Lipinski definition) is 1. The van der Waals surface area contributed by atoms with Crippen LogP contribution >= 0.6 is 95.6 Å². The lowest BCUT2D eigenvalue weighted by molar-refractivity contribution is 0.109. The maximum absolute atomic E-state index is 11.3. The lowest BCUT2D eigenvalue weighted by Crippen LogP contribution is -1.95. The zero-order valence-electron chi connectivity index (χ0n) is 6.18. The molecule has 0 heterocycles. The summed E-state index contributed by atoms with van der Waals surface area (Å²) in [6.07, 6.45) is 0. The average molecular weight is 580 g/mol. The van der Waals surface area contributed by atoms with Crippen molar-refractivity contribution in [1.29, 1.82) is 0 Å². The quantitative estimate of drug-likeness (QED) is 0.226. The van der Waals surface area contributed by atoms with Gasteiger partial charge in [-0.3, -0.25) is 4.79 Å². The van der Waals surface area contributed by atoms with Gasteiger partial charge in [0.15, 0.2) is 0 Å². The van der Waals surface area contributed by atoms with E-state index >= 15 is 0 Å². The van der Waals surface area contributed by atoms with Crippen LogP contribution in [-0.4, -0.2) is 4.69 Å². The van der Waals surface area contributed by atoms with E-state index in [1.165, 1.54) is 0 Å². The van der Waals surface area contributed by atoms with Gasteiger partial charge in [-0.2, -0.15) is 0 Å². The van der Waals surface area contributed by atoms with Crippen molar-refractivity contribution in [2.24, 2.45) is 0 Å². The van der Waals surface area contributed by atoms with Crippen LogP contribution in [-0.2, 0) is 0 Å². The molecule has 0 aromatic heterocycles. The Morgan fingerprint density at radius 2 is 1.00 bits per heavy atom. The van der Waals surface area contributed by atoms with Crippen molar-refractivity contribution in [1.82, 2.24) is 0 Å². The second-order valence-electron chi connectivity index (χ2n) is 2.22. The molecule has 76 valence electrons. The minimum atomic E-state index is -0.190. The highest BCUT2D eigenvalue weighted by Gasteiger charge is 2.20. The molecule has 0 N–H and O–H groups in total. The first-order valence-corrected chi connectivity index (χ1v) is 7.85. The van der Waals surface area contributed by atoms with E-state index in [1.54, 1.807) is 0 Å². The van der Waals surface area contributed by atoms with E-state index in [9.17, 15) is 4.79 Å². The van der Waals surface area contributed by atoms with Gasteiger partial charge >= 0.3 is 0 Å². The lowest BCUT2D eigenvalue weighted by atomic mass is 10.2. The molecule has 14 heavy (non-hydrogen) atoms. The van der Waals surface area contributed by atoms with Crippen LogP contribution in [0.3, 0.4) is 0 Å². The summed E-state index contributed by atoms with van der Waals surface area (Å²) in [5.41, 5.74) is 0.534. The number of hydrogen-bond donors (Lipinski definition) is 0. The Bertz CT molecular complexity index is 384. The summed E-state index contributed by atoms with van der Waals surface area (Å²) in [7, 11) is 0. The Morgan fingerprint density at radius 1 is 0.714 bits per heavy atom. The highest BCUT2D eigenvalue weighted by atomic mass is 79.9. The molecule has 0 amide bonds. The van der Waals surface area contributed by atoms with Gasteiger partial charge in [0.25, 0.3) is 0 Å². The zero-order valence-corrected chi connectivity index (χ0v) is 15.7. The smallest absolute Gasteiger partial charge is 0.230 e. The van der Waals surface area contributed by atoms with E-state index in [-0.39, 0.29) is 4.69 Å². The Morgan fingerprint density at radius 3 is 1.29 bits per heavy atom. The minimum absolute atomic E-state index is 0.190. The number of benzene rings is 1. The fraction of sp³-hybridized carbons (Fsp3) is 0. The first kappa shape index (κ1) is 13.8. The first-order chi connectivity index (χ1) is 6.37. The normalized spacial score (nSPS) is 10.4. The predicted octanol–water partition coefficient (Wildman–Crippen LogP) is 6.03. The molecule has 1 nitrogen and oxygen atoms in total. The van der Waals surface area contributed by atoms with Crippen LogP contribution in [0.2, 0.25) is 0 Å². The molecular weight excluding hydrogens is 580 g/mol. The molecule has 7 heteroatoms. The van der Waals surface area contributed by atoms with Gasteiger partial charge in [0.1, 0.15) is 0 Å². The van der Waals surface area contributed by atoms with E-state index in [0.29, 0.717) is 14.5 Å². The molecule has 0 spiro atoms. The van der Waals surface area contributed by atoms with Gasteiger partial charge < -0.3 is 0 Å². The molecule has 1 aromatic rings. The summed E-state index contributed by atoms with van der Waals surface area (Å²) in [5.74, 6) is 0. The molecule has 1 aromatic carbocycles. The molecule has 0 fully saturated rings. The summed E-state index contributed by atoms with van der Waals surface area (Å²) in [5, 5.41) is 0. The number of carbonyl (C=O) groups is 1. The van der Waals surface area contributed by atoms with Crippen LogP contribution in [0.4, 0.5) is 0 Å². The van der Waals surface area contributed by atoms with Crippen molar-refractivity contribution in [2.75, 3.05) is 0 Å². The molecule has 0 aliphatic rings. The topological polar surface area (TPSA) is 17.1 Å². The molecular formula is C7Br6O. The van der Waals surface area contributed by atoms with Crippen molar-refractivity contribution >= 4 is 100 Å². The molecule has 0 aliphatic heterocycles. The second kappa shape index (κ2) is 5.40. The summed E-state index contributed by atoms with van der Waals surface area (Å²) >= 11 is 19.7. The van der Waals surface area contributed by atoms with Crippen LogP contribution in [0.25, 0.3) is 0 Å². The van der Waals surface area contributed by atoms with E-state index in [2.05, 4.69) is 95.6 Å². The summed E-state index contributed by atoms with van der Waals surface area (Å²) in [6.45, 7) is 0. The fourth-order valence-electron chi connectivity index (χ4n) is 0.777. The maximum Gasteiger partial charge on any atom is 0.230 e. The zero-order chi connectivity index (χ0) is 11.0. The van der Waals surface area contributed by atoms with Gasteiger partial charge in [0, 0.05) is 22.4 Å². The third-order valence-corrected chi connectivity index (χ3v) is 7.90. The van der Waals surface area contributed by atoms with Crippen molar-refractivity contribution in [2.45, 2.75) is 0 Å². The van der Waals surface area contributed by atoms with Crippen molar-refractivity contribution in [3.8, 4) is 0 Å². The molecule has 1 rings (SSSR count). The molecule has 0 bridgehead atoms. The monoisotopic (exact) mass is 574 g/mol. The Balaban J connectivity index is 3.68. The molecule has 0 aliphatic carbocycles. The maximum atomic E-state index is 11.3. The summed E-state index contributed by atoms with van der Waals surface area (Å²) < 4.78 is 3.62. The van der Waals surface area contributed by atoms with Gasteiger partial charge in [-0.1, -0.05) is 0 Å². The third-order valence-electron chi connectivity index (χ3n) is 1.41. The average Bonchev–Trinajstić information content (AvgIpc) is 2.11. The SMILES string of the molecule is O=C(Br)c1c(Br)c(Br)c(Br)c(Br)c1Br. The summed E-state index contributed by atoms with van der Waals surface area (Å²) in [6, 6.07) is 0. The molecule has 0 radical (unpaired) electrons. The Hall–Kier alpha value is 1.77. The van der Waals surface area contributed by atoms with E-state index in [4.69, 9.17) is 0 Å². The van der Waals surface area contributed by atoms with Crippen LogP contribution < -0.4 is 0 Å². The van der Waals surface area contributed by atoms with Crippen molar-refractivity contribution < 1.29 is 4.79 Å². The standard InChI is InChI=1S/C7Br6O/c8-2-1(7(13)14)3(9)5(11)6(12)4(2)10. The second-order valence-corrected chi connectivity index (χ2v) is 6.90. The van der Waals surface area contributed by atoms with Crippen molar-refractivity contribution in [3.05, 3.63) is 27.9 Å². The number of rotatable bonds is 1. The number of carbonyl (C=O) groups excluding carboxylic acids is 1. The van der Waals surface area contributed by atoms with Gasteiger partial charge in [-0.25, -0.2) is 0 Å². The molecule has 0 atom stereocenters. The van der Waals surface area contributed by atoms with Gasteiger partial charge in [-0.15, -0.1) is 0 Å². The highest BCUT2D eigenvalue weighted by molar-refractivity contribution is 9.18. The van der Waals surface area contributed by atoms with E-state index in [0.717, 1.165) is 13.4 Å². The van der Waals surface area contributed by atoms with Gasteiger partial charge in [-0.05, 0) is 95.6 Å². The van der Waals surface area contributed by atoms with Crippen LogP contribution in [0.1, 0.15) is 10.4 Å². The van der Waals surface area contributed by atoms with Gasteiger partial charge in [0.05, 0.1) is 5.56 Å². The van der Waals surface area contributed by atoms with Gasteiger partial charge in [0.2, 0.25) is 4.69 Å². The third kappa shape index (κ3) is 2.53. The van der Waals surface area contributed by atoms with E-state index < -0.39 is 0 Å². The van der Waals surface area contributed by atoms with Crippen LogP contribution in [0.5, 0.6) is 0 Å². The Kier molecular flexibility index (Phi) is 5.34. The number of halogens is 6. The lowest BCUT2D eigenvalue weighted by Gasteiger charge is -2.10. The first-order valence-electron chi connectivity index (χ1n) is 3.09. The molecule has 0 saturated heterocycles. The van der Waals surface area contributed by atoms with Crippen LogP contribution in [0, 0.1) is 0 Å². The molecule has 0 saturated carbocycles. The largest absolute Gasteiger partial charge is 0.281 e. The highest BCUT2D eigenvalue weighted by Crippen LogP contribution is 2.44. The predicted molar refractivity (Wildman–Crippen MR) is 78.2 cm³/mol. The molecule has 0 unspecified atom stereocenters. The minimum Gasteiger partial charge on any atom is -0.281 e. The summed E-state index contributed by atoms with van der Waals surface area (Å²) in [4.78, 5) is 11.3. The Labute approximate surface area is 131 Å². The van der Waals surface area contributed by atoms with Crippen LogP contribution in [0.15, 0.2) is 22.4 Å².